The molecular formula is C24H30F5N5O2. The molecule has 36 heavy (non-hydrogen) atoms. The van der Waals surface area contributed by atoms with Crippen molar-refractivity contribution in [2.45, 2.75) is 45.7 Å². The number of alkyl halides is 3. The fourth-order valence-electron chi connectivity index (χ4n) is 3.24. The van der Waals surface area contributed by atoms with E-state index in [1.165, 1.54) is 6.34 Å². The number of rotatable bonds is 7. The monoisotopic (exact) mass is 515 g/mol. The van der Waals surface area contributed by atoms with Crippen LogP contribution >= 0.6 is 0 Å². The van der Waals surface area contributed by atoms with Crippen LogP contribution in [-0.4, -0.2) is 50.2 Å². The zero-order valence-corrected chi connectivity index (χ0v) is 20.1. The lowest BCUT2D eigenvalue weighted by molar-refractivity contribution is -0.0858. The number of allylic oxidation sites excluding steroid dienone is 1. The third-order valence-corrected chi connectivity index (χ3v) is 5.30. The molecule has 1 unspecified atom stereocenters. The van der Waals surface area contributed by atoms with E-state index >= 15 is 0 Å². The van der Waals surface area contributed by atoms with Crippen molar-refractivity contribution in [1.29, 1.82) is 10.8 Å². The van der Waals surface area contributed by atoms with Crippen LogP contribution in [0.2, 0.25) is 0 Å². The molecule has 1 aromatic rings. The van der Waals surface area contributed by atoms with Crippen molar-refractivity contribution < 1.29 is 31.4 Å². The predicted octanol–water partition coefficient (Wildman–Crippen LogP) is 5.64. The van der Waals surface area contributed by atoms with Gasteiger partial charge in [0.25, 0.3) is 0 Å². The van der Waals surface area contributed by atoms with Crippen LogP contribution in [0.4, 0.5) is 22.0 Å². The fourth-order valence-corrected chi connectivity index (χ4v) is 3.24. The van der Waals surface area contributed by atoms with Crippen LogP contribution in [0.15, 0.2) is 33.9 Å². The number of hydrogen-bond acceptors (Lipinski definition) is 7. The summed E-state index contributed by atoms with van der Waals surface area (Å²) in [4.78, 5) is 7.96. The molecule has 0 aliphatic carbocycles. The number of aliphatic imine (C=N–C) groups is 2. The topological polar surface area (TPSA) is 103 Å². The van der Waals surface area contributed by atoms with Crippen LogP contribution in [0.25, 0.3) is 0 Å². The standard InChI is InChI=1S/C24H30F5N5O2/c1-15(2)22(30)36-23(31)21-19(25)10-18(11-20(21)26)35-9-3-4-16-5-7-32-12-17(24(27,28)29)13-34-14-33-8-6-16/h10-16,30-31H,3-9H2,1-2H3,(H,33,34)/b17-13+,30-22?,31-23?,32-12?. The highest BCUT2D eigenvalue weighted by atomic mass is 19.4. The maximum atomic E-state index is 14.4. The Hall–Kier alpha value is -3.31. The lowest BCUT2D eigenvalue weighted by Gasteiger charge is -2.16. The number of nitrogens with zero attached hydrogens (tertiary/aromatic N) is 2. The summed E-state index contributed by atoms with van der Waals surface area (Å²) in [6.45, 7) is 4.12. The van der Waals surface area contributed by atoms with Crippen molar-refractivity contribution in [3.05, 3.63) is 41.1 Å². The maximum Gasteiger partial charge on any atom is 0.419 e. The predicted molar refractivity (Wildman–Crippen MR) is 128 cm³/mol. The minimum absolute atomic E-state index is 0.0501. The number of benzene rings is 1. The maximum absolute atomic E-state index is 14.4. The van der Waals surface area contributed by atoms with E-state index in [4.69, 9.17) is 20.3 Å². The molecule has 12 heteroatoms. The quantitative estimate of drug-likeness (QED) is 0.189. The molecule has 1 atom stereocenters. The Bertz CT molecular complexity index is 982. The molecule has 198 valence electrons. The van der Waals surface area contributed by atoms with Crippen molar-refractivity contribution in [1.82, 2.24) is 5.32 Å². The Labute approximate surface area is 206 Å². The van der Waals surface area contributed by atoms with E-state index in [0.717, 1.165) is 24.5 Å². The van der Waals surface area contributed by atoms with Crippen molar-refractivity contribution in [3.8, 4) is 5.75 Å². The molecule has 0 bridgehead atoms. The Morgan fingerprint density at radius 3 is 2.36 bits per heavy atom. The Kier molecular flexibility index (Phi) is 11.0. The van der Waals surface area contributed by atoms with Crippen LogP contribution in [-0.2, 0) is 4.74 Å². The summed E-state index contributed by atoms with van der Waals surface area (Å²) in [6, 6.07) is 1.90. The molecule has 0 saturated carbocycles. The molecule has 3 N–H and O–H groups in total. The number of nitrogens with one attached hydrogen (secondary N) is 3. The van der Waals surface area contributed by atoms with Crippen LogP contribution in [0.1, 0.15) is 45.1 Å². The molecule has 1 heterocycles. The van der Waals surface area contributed by atoms with Gasteiger partial charge in [-0.3, -0.25) is 20.8 Å². The van der Waals surface area contributed by atoms with Crippen LogP contribution in [0, 0.1) is 34.3 Å². The zero-order chi connectivity index (χ0) is 26.7. The van der Waals surface area contributed by atoms with Gasteiger partial charge in [-0.15, -0.1) is 0 Å². The van der Waals surface area contributed by atoms with E-state index in [0.29, 0.717) is 32.2 Å². The van der Waals surface area contributed by atoms with Gasteiger partial charge >= 0.3 is 6.18 Å². The number of hydrogen-bond donors (Lipinski definition) is 3. The highest BCUT2D eigenvalue weighted by molar-refractivity contribution is 6.00. The number of halogens is 5. The van der Waals surface area contributed by atoms with Gasteiger partial charge < -0.3 is 14.8 Å². The van der Waals surface area contributed by atoms with Crippen molar-refractivity contribution in [2.24, 2.45) is 21.8 Å². The zero-order valence-electron chi connectivity index (χ0n) is 20.1. The van der Waals surface area contributed by atoms with Gasteiger partial charge in [0.15, 0.2) is 5.90 Å². The smallest absolute Gasteiger partial charge is 0.419 e. The van der Waals surface area contributed by atoms with Gasteiger partial charge in [-0.1, -0.05) is 13.8 Å². The van der Waals surface area contributed by atoms with E-state index in [1.807, 2.05) is 0 Å². The van der Waals surface area contributed by atoms with Crippen LogP contribution < -0.4 is 10.1 Å². The molecule has 0 spiro atoms. The molecule has 2 rings (SSSR count). The average molecular weight is 516 g/mol. The minimum Gasteiger partial charge on any atom is -0.493 e. The van der Waals surface area contributed by atoms with Crippen LogP contribution in [0.5, 0.6) is 5.75 Å². The summed E-state index contributed by atoms with van der Waals surface area (Å²) >= 11 is 0. The molecule has 0 saturated heterocycles. The molecule has 1 aliphatic heterocycles. The summed E-state index contributed by atoms with van der Waals surface area (Å²) < 4.78 is 78.1. The second-order valence-electron chi connectivity index (χ2n) is 8.48. The van der Waals surface area contributed by atoms with E-state index in [2.05, 4.69) is 15.3 Å². The first-order valence-electron chi connectivity index (χ1n) is 11.5. The summed E-state index contributed by atoms with van der Waals surface area (Å²) in [7, 11) is 0. The Morgan fingerprint density at radius 1 is 1.11 bits per heavy atom. The second kappa shape index (κ2) is 13.7. The lowest BCUT2D eigenvalue weighted by atomic mass is 9.96. The molecule has 0 radical (unpaired) electrons. The highest BCUT2D eigenvalue weighted by Crippen LogP contribution is 2.25. The third kappa shape index (κ3) is 9.38. The van der Waals surface area contributed by atoms with Crippen molar-refractivity contribution in [2.75, 3.05) is 19.7 Å². The largest absolute Gasteiger partial charge is 0.493 e. The SMILES string of the molecule is CC(C)C(=N)OC(=N)c1c(F)cc(OCCCC2CCN=CN/C=C(/C(F)(F)F)C=NCC2)cc1F. The molecular weight excluding hydrogens is 485 g/mol. The van der Waals surface area contributed by atoms with Gasteiger partial charge in [-0.2, -0.15) is 13.2 Å². The normalized spacial score (nSPS) is 18.4. The second-order valence-corrected chi connectivity index (χ2v) is 8.48. The Morgan fingerprint density at radius 2 is 1.75 bits per heavy atom. The molecule has 1 aromatic carbocycles. The van der Waals surface area contributed by atoms with Gasteiger partial charge in [0.05, 0.1) is 18.5 Å². The molecule has 0 fully saturated rings. The summed E-state index contributed by atoms with van der Waals surface area (Å²) in [6.07, 6.45) is 0.779. The first kappa shape index (κ1) is 28.9. The lowest BCUT2D eigenvalue weighted by Crippen LogP contribution is -2.19. The Balaban J connectivity index is 1.89. The van der Waals surface area contributed by atoms with E-state index < -0.39 is 34.8 Å². The summed E-state index contributed by atoms with van der Waals surface area (Å²) in [5.41, 5.74) is -1.58. The first-order chi connectivity index (χ1) is 17.0. The van der Waals surface area contributed by atoms with Crippen LogP contribution in [0.3, 0.4) is 0 Å². The van der Waals surface area contributed by atoms with Gasteiger partial charge in [-0.25, -0.2) is 8.78 Å². The molecule has 0 amide bonds. The summed E-state index contributed by atoms with van der Waals surface area (Å²) in [5, 5.41) is 17.8. The van der Waals surface area contributed by atoms with Gasteiger partial charge in [0.2, 0.25) is 5.90 Å². The number of ether oxygens (including phenoxy) is 2. The van der Waals surface area contributed by atoms with Crippen molar-refractivity contribution >= 4 is 24.3 Å². The highest BCUT2D eigenvalue weighted by Gasteiger charge is 2.32. The van der Waals surface area contributed by atoms with E-state index in [9.17, 15) is 22.0 Å². The molecule has 1 aliphatic rings. The van der Waals surface area contributed by atoms with Crippen molar-refractivity contribution in [3.63, 3.8) is 0 Å². The third-order valence-electron chi connectivity index (χ3n) is 5.30. The average Bonchev–Trinajstić information content (AvgIpc) is 2.76. The molecule has 7 nitrogen and oxygen atoms in total. The summed E-state index contributed by atoms with van der Waals surface area (Å²) in [5.74, 6) is -3.42. The van der Waals surface area contributed by atoms with Gasteiger partial charge in [-0.05, 0) is 31.6 Å². The van der Waals surface area contributed by atoms with E-state index in [1.54, 1.807) is 13.8 Å². The molecule has 0 aromatic heterocycles. The van der Waals surface area contributed by atoms with E-state index in [-0.39, 0.29) is 36.6 Å². The first-order valence-corrected chi connectivity index (χ1v) is 11.5. The minimum atomic E-state index is -4.52. The fraction of sp³-hybridized carbons (Fsp3) is 0.500. The van der Waals surface area contributed by atoms with Gasteiger partial charge in [0.1, 0.15) is 22.9 Å². The van der Waals surface area contributed by atoms with Gasteiger partial charge in [0, 0.05) is 43.6 Å².